The van der Waals surface area contributed by atoms with Crippen molar-refractivity contribution in [3.05, 3.63) is 56.7 Å². The molecule has 0 spiro atoms. The third kappa shape index (κ3) is 3.83. The number of hydrogen-bond donors (Lipinski definition) is 1. The van der Waals surface area contributed by atoms with E-state index >= 15 is 0 Å². The van der Waals surface area contributed by atoms with E-state index in [-0.39, 0.29) is 23.1 Å². The number of piperazine rings is 1. The standard InChI is InChI=1S/C19H23N5O4/c1-13(25)20-15-6-4-5-14(11-15)18(27)24-9-7-23(8-10-24)16-12-17(26)22(3)19(28)21(16)2/h4-6,11-12H,7-10H2,1-3H3,(H,20,25). The Bertz CT molecular complexity index is 1030. The predicted molar refractivity (Wildman–Crippen MR) is 106 cm³/mol. The molecule has 1 aliphatic heterocycles. The van der Waals surface area contributed by atoms with E-state index in [0.717, 1.165) is 4.57 Å². The van der Waals surface area contributed by atoms with Crippen LogP contribution in [0.4, 0.5) is 11.5 Å². The van der Waals surface area contributed by atoms with Crippen LogP contribution in [0.2, 0.25) is 0 Å². The second-order valence-electron chi connectivity index (χ2n) is 6.78. The molecular formula is C19H23N5O4. The van der Waals surface area contributed by atoms with Crippen LogP contribution < -0.4 is 21.5 Å². The van der Waals surface area contributed by atoms with E-state index in [0.29, 0.717) is 43.2 Å². The van der Waals surface area contributed by atoms with Crippen LogP contribution in [0.15, 0.2) is 39.9 Å². The zero-order chi connectivity index (χ0) is 20.4. The predicted octanol–water partition coefficient (Wildman–Crippen LogP) is 0.00480. The number of rotatable bonds is 3. The first-order valence-corrected chi connectivity index (χ1v) is 8.97. The maximum atomic E-state index is 12.8. The lowest BCUT2D eigenvalue weighted by Gasteiger charge is -2.36. The van der Waals surface area contributed by atoms with E-state index in [1.54, 1.807) is 36.2 Å². The molecule has 1 saturated heterocycles. The summed E-state index contributed by atoms with van der Waals surface area (Å²) in [6.45, 7) is 3.37. The molecule has 1 aromatic carbocycles. The fourth-order valence-electron chi connectivity index (χ4n) is 3.28. The Hall–Kier alpha value is -3.36. The van der Waals surface area contributed by atoms with Gasteiger partial charge in [-0.25, -0.2) is 4.79 Å². The van der Waals surface area contributed by atoms with Gasteiger partial charge >= 0.3 is 5.69 Å². The van der Waals surface area contributed by atoms with Gasteiger partial charge in [0.05, 0.1) is 0 Å². The summed E-state index contributed by atoms with van der Waals surface area (Å²) in [5.74, 6) is 0.232. The van der Waals surface area contributed by atoms with E-state index in [9.17, 15) is 19.2 Å². The number of hydrogen-bond acceptors (Lipinski definition) is 5. The van der Waals surface area contributed by atoms with Gasteiger partial charge in [-0.3, -0.25) is 23.5 Å². The summed E-state index contributed by atoms with van der Waals surface area (Å²) in [4.78, 5) is 51.7. The van der Waals surface area contributed by atoms with Crippen molar-refractivity contribution in [2.45, 2.75) is 6.92 Å². The number of nitrogens with one attached hydrogen (secondary N) is 1. The third-order valence-electron chi connectivity index (χ3n) is 4.82. The van der Waals surface area contributed by atoms with Crippen molar-refractivity contribution in [3.8, 4) is 0 Å². The van der Waals surface area contributed by atoms with E-state index in [4.69, 9.17) is 0 Å². The Balaban J connectivity index is 1.72. The first kappa shape index (κ1) is 19.4. The van der Waals surface area contributed by atoms with Gasteiger partial charge in [0.1, 0.15) is 5.82 Å². The lowest BCUT2D eigenvalue weighted by atomic mass is 10.1. The Morgan fingerprint density at radius 3 is 2.29 bits per heavy atom. The number of carbonyl (C=O) groups excluding carboxylic acids is 2. The molecule has 9 heteroatoms. The number of aromatic nitrogens is 2. The molecule has 2 aromatic rings. The van der Waals surface area contributed by atoms with E-state index in [1.807, 2.05) is 4.90 Å². The highest BCUT2D eigenvalue weighted by atomic mass is 16.2. The zero-order valence-corrected chi connectivity index (χ0v) is 16.1. The summed E-state index contributed by atoms with van der Waals surface area (Å²) >= 11 is 0. The third-order valence-corrected chi connectivity index (χ3v) is 4.82. The summed E-state index contributed by atoms with van der Waals surface area (Å²) in [5, 5.41) is 2.67. The Morgan fingerprint density at radius 2 is 1.64 bits per heavy atom. The van der Waals surface area contributed by atoms with E-state index in [2.05, 4.69) is 5.32 Å². The van der Waals surface area contributed by atoms with Gasteiger partial charge < -0.3 is 15.1 Å². The quantitative estimate of drug-likeness (QED) is 0.803. The fourth-order valence-corrected chi connectivity index (χ4v) is 3.28. The van der Waals surface area contributed by atoms with Crippen molar-refractivity contribution in [2.75, 3.05) is 36.4 Å². The number of amides is 2. The summed E-state index contributed by atoms with van der Waals surface area (Å²) in [7, 11) is 3.07. The lowest BCUT2D eigenvalue weighted by Crippen LogP contribution is -2.51. The number of carbonyl (C=O) groups is 2. The number of anilines is 2. The van der Waals surface area contributed by atoms with Gasteiger partial charge in [0.2, 0.25) is 5.91 Å². The van der Waals surface area contributed by atoms with Crippen LogP contribution in [0.1, 0.15) is 17.3 Å². The van der Waals surface area contributed by atoms with Gasteiger partial charge in [-0.2, -0.15) is 0 Å². The van der Waals surface area contributed by atoms with Crippen molar-refractivity contribution < 1.29 is 9.59 Å². The van der Waals surface area contributed by atoms with Gasteiger partial charge in [-0.15, -0.1) is 0 Å². The molecule has 1 N–H and O–H groups in total. The highest BCUT2D eigenvalue weighted by Gasteiger charge is 2.24. The Kier molecular flexibility index (Phi) is 5.34. The molecule has 3 rings (SSSR count). The first-order valence-electron chi connectivity index (χ1n) is 8.97. The summed E-state index contributed by atoms with van der Waals surface area (Å²) in [6.07, 6.45) is 0. The minimum atomic E-state index is -0.379. The van der Waals surface area contributed by atoms with Crippen LogP contribution in [-0.4, -0.2) is 52.0 Å². The number of nitrogens with zero attached hydrogens (tertiary/aromatic N) is 4. The van der Waals surface area contributed by atoms with Crippen molar-refractivity contribution in [1.29, 1.82) is 0 Å². The molecule has 0 atom stereocenters. The van der Waals surface area contributed by atoms with E-state index < -0.39 is 0 Å². The average molecular weight is 385 g/mol. The average Bonchev–Trinajstić information content (AvgIpc) is 2.68. The molecular weight excluding hydrogens is 362 g/mol. The van der Waals surface area contributed by atoms with Gasteiger partial charge in [0, 0.05) is 64.5 Å². The monoisotopic (exact) mass is 385 g/mol. The molecule has 0 unspecified atom stereocenters. The van der Waals surface area contributed by atoms with Gasteiger partial charge in [0.15, 0.2) is 0 Å². The van der Waals surface area contributed by atoms with Crippen molar-refractivity contribution in [3.63, 3.8) is 0 Å². The minimum Gasteiger partial charge on any atom is -0.354 e. The molecule has 1 fully saturated rings. The molecule has 2 amide bonds. The topological polar surface area (TPSA) is 96.7 Å². The van der Waals surface area contributed by atoms with Gasteiger partial charge in [0.25, 0.3) is 11.5 Å². The lowest BCUT2D eigenvalue weighted by molar-refractivity contribution is -0.114. The molecule has 1 aromatic heterocycles. The summed E-state index contributed by atoms with van der Waals surface area (Å²) < 4.78 is 2.50. The Labute approximate surface area is 161 Å². The van der Waals surface area contributed by atoms with Crippen LogP contribution in [0, 0.1) is 0 Å². The van der Waals surface area contributed by atoms with Crippen LogP contribution in [-0.2, 0) is 18.9 Å². The fraction of sp³-hybridized carbons (Fsp3) is 0.368. The normalized spacial score (nSPS) is 14.1. The maximum Gasteiger partial charge on any atom is 0.332 e. The largest absolute Gasteiger partial charge is 0.354 e. The van der Waals surface area contributed by atoms with Crippen LogP contribution >= 0.6 is 0 Å². The van der Waals surface area contributed by atoms with Crippen LogP contribution in [0.5, 0.6) is 0 Å². The first-order chi connectivity index (χ1) is 13.3. The van der Waals surface area contributed by atoms with Crippen molar-refractivity contribution in [2.24, 2.45) is 14.1 Å². The van der Waals surface area contributed by atoms with Gasteiger partial charge in [-0.05, 0) is 18.2 Å². The van der Waals surface area contributed by atoms with Crippen LogP contribution in [0.25, 0.3) is 0 Å². The molecule has 0 bridgehead atoms. The molecule has 1 aliphatic rings. The zero-order valence-electron chi connectivity index (χ0n) is 16.1. The van der Waals surface area contributed by atoms with Crippen molar-refractivity contribution in [1.82, 2.24) is 14.0 Å². The molecule has 9 nitrogen and oxygen atoms in total. The maximum absolute atomic E-state index is 12.8. The SMILES string of the molecule is CC(=O)Nc1cccc(C(=O)N2CCN(c3cc(=O)n(C)c(=O)n3C)CC2)c1. The highest BCUT2D eigenvalue weighted by Crippen LogP contribution is 2.16. The second kappa shape index (κ2) is 7.71. The summed E-state index contributed by atoms with van der Waals surface area (Å²) in [5.41, 5.74) is 0.343. The van der Waals surface area contributed by atoms with Crippen LogP contribution in [0.3, 0.4) is 0 Å². The Morgan fingerprint density at radius 1 is 0.964 bits per heavy atom. The molecule has 2 heterocycles. The molecule has 28 heavy (non-hydrogen) atoms. The van der Waals surface area contributed by atoms with Gasteiger partial charge in [-0.1, -0.05) is 6.07 Å². The smallest absolute Gasteiger partial charge is 0.332 e. The summed E-state index contributed by atoms with van der Waals surface area (Å²) in [6, 6.07) is 8.26. The molecule has 148 valence electrons. The van der Waals surface area contributed by atoms with Crippen molar-refractivity contribution >= 4 is 23.3 Å². The highest BCUT2D eigenvalue weighted by molar-refractivity contribution is 5.97. The number of benzene rings is 1. The molecule has 0 radical (unpaired) electrons. The molecule has 0 aliphatic carbocycles. The van der Waals surface area contributed by atoms with E-state index in [1.165, 1.54) is 24.6 Å². The minimum absolute atomic E-state index is 0.121. The second-order valence-corrected chi connectivity index (χ2v) is 6.78. The molecule has 0 saturated carbocycles.